The molecule has 1 unspecified atom stereocenters. The van der Waals surface area contributed by atoms with Gasteiger partial charge in [-0.05, 0) is 30.5 Å². The molecule has 2 aromatic rings. The summed E-state index contributed by atoms with van der Waals surface area (Å²) in [5.41, 5.74) is 1.69. The summed E-state index contributed by atoms with van der Waals surface area (Å²) in [6.45, 7) is 0.681. The zero-order valence-corrected chi connectivity index (χ0v) is 13.1. The van der Waals surface area contributed by atoms with Crippen LogP contribution >= 0.6 is 0 Å². The van der Waals surface area contributed by atoms with Crippen LogP contribution in [0.3, 0.4) is 0 Å². The molecule has 1 aliphatic heterocycles. The third kappa shape index (κ3) is 4.41. The number of ether oxygens (including phenoxy) is 1. The maximum Gasteiger partial charge on any atom is 0.255 e. The molecule has 1 aliphatic rings. The summed E-state index contributed by atoms with van der Waals surface area (Å²) in [6, 6.07) is 19.1. The summed E-state index contributed by atoms with van der Waals surface area (Å²) >= 11 is 0. The van der Waals surface area contributed by atoms with Gasteiger partial charge in [-0.25, -0.2) is 4.84 Å². The molecule has 23 heavy (non-hydrogen) atoms. The molecular weight excluding hydrogens is 290 g/mol. The summed E-state index contributed by atoms with van der Waals surface area (Å²) in [6.07, 6.45) is 2.84. The van der Waals surface area contributed by atoms with Gasteiger partial charge in [-0.3, -0.25) is 4.79 Å². The first kappa shape index (κ1) is 15.7. The van der Waals surface area contributed by atoms with E-state index in [0.717, 1.165) is 30.5 Å². The maximum atomic E-state index is 12.7. The average Bonchev–Trinajstić information content (AvgIpc) is 2.62. The smallest absolute Gasteiger partial charge is 0.255 e. The molecule has 0 spiro atoms. The number of hydrogen-bond donors (Lipinski definition) is 0. The Morgan fingerprint density at radius 1 is 1.04 bits per heavy atom. The summed E-state index contributed by atoms with van der Waals surface area (Å²) in [5.74, 6) is -0.100. The second-order valence-corrected chi connectivity index (χ2v) is 5.59. The first-order valence-corrected chi connectivity index (χ1v) is 8.03. The molecule has 1 saturated heterocycles. The van der Waals surface area contributed by atoms with Crippen LogP contribution in [-0.2, 0) is 20.8 Å². The fourth-order valence-corrected chi connectivity index (χ4v) is 2.58. The molecular formula is C19H21NO3. The van der Waals surface area contributed by atoms with E-state index in [-0.39, 0.29) is 12.2 Å². The Labute approximate surface area is 136 Å². The highest BCUT2D eigenvalue weighted by atomic mass is 16.8. The van der Waals surface area contributed by atoms with Gasteiger partial charge in [-0.1, -0.05) is 48.5 Å². The Morgan fingerprint density at radius 2 is 1.74 bits per heavy atom. The second kappa shape index (κ2) is 7.90. The Balaban J connectivity index is 1.75. The minimum Gasteiger partial charge on any atom is -0.350 e. The summed E-state index contributed by atoms with van der Waals surface area (Å²) in [7, 11) is 0. The van der Waals surface area contributed by atoms with E-state index in [2.05, 4.69) is 0 Å². The molecule has 0 saturated carbocycles. The minimum atomic E-state index is -0.358. The average molecular weight is 311 g/mol. The topological polar surface area (TPSA) is 38.8 Å². The van der Waals surface area contributed by atoms with E-state index in [4.69, 9.17) is 9.57 Å². The number of hydroxylamine groups is 1. The standard InChI is InChI=1S/C19H21NO3/c21-18(15-16-9-3-1-4-10-16)20(17-11-5-2-6-12-17)23-19-13-7-8-14-22-19/h1-6,9-12,19H,7-8,13-15H2. The van der Waals surface area contributed by atoms with Crippen molar-refractivity contribution in [3.05, 3.63) is 66.2 Å². The number of carbonyl (C=O) groups is 1. The summed E-state index contributed by atoms with van der Waals surface area (Å²) in [5, 5.41) is 1.38. The molecule has 0 N–H and O–H groups in total. The molecule has 1 atom stereocenters. The number of hydrogen-bond acceptors (Lipinski definition) is 3. The molecule has 4 heteroatoms. The van der Waals surface area contributed by atoms with Gasteiger partial charge in [0.1, 0.15) is 0 Å². The van der Waals surface area contributed by atoms with Crippen molar-refractivity contribution in [3.8, 4) is 0 Å². The fraction of sp³-hybridized carbons (Fsp3) is 0.316. The lowest BCUT2D eigenvalue weighted by molar-refractivity contribution is -0.177. The molecule has 3 rings (SSSR count). The molecule has 0 aromatic heterocycles. The number of anilines is 1. The van der Waals surface area contributed by atoms with Crippen molar-refractivity contribution in [3.63, 3.8) is 0 Å². The summed E-state index contributed by atoms with van der Waals surface area (Å²) in [4.78, 5) is 18.6. The van der Waals surface area contributed by atoms with Crippen LogP contribution in [0, 0.1) is 0 Å². The maximum absolute atomic E-state index is 12.7. The predicted molar refractivity (Wildman–Crippen MR) is 88.8 cm³/mol. The zero-order valence-electron chi connectivity index (χ0n) is 13.1. The van der Waals surface area contributed by atoms with Crippen molar-refractivity contribution in [1.82, 2.24) is 0 Å². The van der Waals surface area contributed by atoms with Crippen LogP contribution in [0.1, 0.15) is 24.8 Å². The zero-order chi connectivity index (χ0) is 15.9. The molecule has 1 heterocycles. The van der Waals surface area contributed by atoms with Gasteiger partial charge in [0.15, 0.2) is 6.29 Å². The highest BCUT2D eigenvalue weighted by Gasteiger charge is 2.24. The van der Waals surface area contributed by atoms with Crippen molar-refractivity contribution < 1.29 is 14.4 Å². The van der Waals surface area contributed by atoms with Gasteiger partial charge in [-0.15, -0.1) is 0 Å². The number of benzene rings is 2. The first-order valence-electron chi connectivity index (χ1n) is 8.03. The van der Waals surface area contributed by atoms with Crippen LogP contribution in [0.2, 0.25) is 0 Å². The molecule has 0 bridgehead atoms. The van der Waals surface area contributed by atoms with Crippen molar-refractivity contribution in [2.24, 2.45) is 0 Å². The second-order valence-electron chi connectivity index (χ2n) is 5.59. The van der Waals surface area contributed by atoms with E-state index in [0.29, 0.717) is 13.0 Å². The number of amides is 1. The molecule has 0 radical (unpaired) electrons. The fourth-order valence-electron chi connectivity index (χ4n) is 2.58. The minimum absolute atomic E-state index is 0.100. The lowest BCUT2D eigenvalue weighted by Gasteiger charge is -2.29. The molecule has 0 aliphatic carbocycles. The number of para-hydroxylation sites is 1. The Bertz CT molecular complexity index is 609. The quantitative estimate of drug-likeness (QED) is 0.790. The highest BCUT2D eigenvalue weighted by Crippen LogP contribution is 2.21. The lowest BCUT2D eigenvalue weighted by atomic mass is 10.1. The third-order valence-electron chi connectivity index (χ3n) is 3.78. The van der Waals surface area contributed by atoms with E-state index in [9.17, 15) is 4.79 Å². The van der Waals surface area contributed by atoms with Crippen molar-refractivity contribution in [2.75, 3.05) is 11.7 Å². The van der Waals surface area contributed by atoms with Crippen molar-refractivity contribution >= 4 is 11.6 Å². The van der Waals surface area contributed by atoms with Crippen LogP contribution in [-0.4, -0.2) is 18.8 Å². The van der Waals surface area contributed by atoms with Crippen molar-refractivity contribution in [1.29, 1.82) is 0 Å². The van der Waals surface area contributed by atoms with Gasteiger partial charge in [0, 0.05) is 13.0 Å². The van der Waals surface area contributed by atoms with E-state index < -0.39 is 0 Å². The van der Waals surface area contributed by atoms with Gasteiger partial charge in [0.2, 0.25) is 0 Å². The van der Waals surface area contributed by atoms with E-state index in [1.165, 1.54) is 5.06 Å². The number of carbonyl (C=O) groups excluding carboxylic acids is 1. The van der Waals surface area contributed by atoms with Gasteiger partial charge >= 0.3 is 0 Å². The van der Waals surface area contributed by atoms with Crippen LogP contribution in [0.25, 0.3) is 0 Å². The molecule has 4 nitrogen and oxygen atoms in total. The lowest BCUT2D eigenvalue weighted by Crippen LogP contribution is -2.38. The Morgan fingerprint density at radius 3 is 2.39 bits per heavy atom. The highest BCUT2D eigenvalue weighted by molar-refractivity contribution is 5.92. The first-order chi connectivity index (χ1) is 11.3. The monoisotopic (exact) mass is 311 g/mol. The van der Waals surface area contributed by atoms with Crippen LogP contribution < -0.4 is 5.06 Å². The van der Waals surface area contributed by atoms with E-state index in [1.54, 1.807) is 0 Å². The van der Waals surface area contributed by atoms with Crippen LogP contribution in [0.15, 0.2) is 60.7 Å². The third-order valence-corrected chi connectivity index (χ3v) is 3.78. The summed E-state index contributed by atoms with van der Waals surface area (Å²) < 4.78 is 5.61. The van der Waals surface area contributed by atoms with Gasteiger partial charge in [-0.2, -0.15) is 5.06 Å². The largest absolute Gasteiger partial charge is 0.350 e. The van der Waals surface area contributed by atoms with Gasteiger partial charge in [0.05, 0.1) is 12.1 Å². The SMILES string of the molecule is O=C(Cc1ccccc1)N(OC1CCCCO1)c1ccccc1. The molecule has 1 fully saturated rings. The van der Waals surface area contributed by atoms with E-state index >= 15 is 0 Å². The van der Waals surface area contributed by atoms with E-state index in [1.807, 2.05) is 60.7 Å². The Hall–Kier alpha value is -2.17. The number of rotatable bonds is 5. The van der Waals surface area contributed by atoms with Crippen LogP contribution in [0.5, 0.6) is 0 Å². The number of nitrogens with zero attached hydrogens (tertiary/aromatic N) is 1. The van der Waals surface area contributed by atoms with Gasteiger partial charge < -0.3 is 4.74 Å². The molecule has 120 valence electrons. The van der Waals surface area contributed by atoms with Gasteiger partial charge in [0.25, 0.3) is 5.91 Å². The molecule has 2 aromatic carbocycles. The van der Waals surface area contributed by atoms with Crippen molar-refractivity contribution in [2.45, 2.75) is 32.0 Å². The Kier molecular flexibility index (Phi) is 5.40. The normalized spacial score (nSPS) is 17.7. The molecule has 1 amide bonds. The van der Waals surface area contributed by atoms with Crippen LogP contribution in [0.4, 0.5) is 5.69 Å². The predicted octanol–water partition coefficient (Wildman–Crippen LogP) is 3.72.